The van der Waals surface area contributed by atoms with Crippen molar-refractivity contribution in [3.05, 3.63) is 31.3 Å². The summed E-state index contributed by atoms with van der Waals surface area (Å²) >= 11 is 1.14. The fourth-order valence-corrected chi connectivity index (χ4v) is 4.17. The Kier molecular flexibility index (Phi) is 4.04. The molecule has 2 aromatic rings. The van der Waals surface area contributed by atoms with Crippen molar-refractivity contribution in [2.75, 3.05) is 0 Å². The van der Waals surface area contributed by atoms with Gasteiger partial charge in [-0.2, -0.15) is 0 Å². The molecule has 0 aliphatic carbocycles. The van der Waals surface area contributed by atoms with E-state index in [1.165, 1.54) is 0 Å². The second-order valence-electron chi connectivity index (χ2n) is 6.46. The molecule has 1 aliphatic heterocycles. The van der Waals surface area contributed by atoms with Gasteiger partial charge < -0.3 is 14.9 Å². The first kappa shape index (κ1) is 17.4. The number of hydrogen-bond acceptors (Lipinski definition) is 6. The van der Waals surface area contributed by atoms with Gasteiger partial charge in [-0.25, -0.2) is 9.36 Å². The molecule has 0 radical (unpaired) electrons. The Labute approximate surface area is 144 Å². The third kappa shape index (κ3) is 2.98. The molecule has 0 atom stereocenters. The van der Waals surface area contributed by atoms with Crippen molar-refractivity contribution in [1.29, 1.82) is 0 Å². The van der Waals surface area contributed by atoms with Gasteiger partial charge in [0.2, 0.25) is 0 Å². The Bertz CT molecular complexity index is 1010. The zero-order chi connectivity index (χ0) is 18.5. The Morgan fingerprint density at radius 1 is 1.16 bits per heavy atom. The van der Waals surface area contributed by atoms with Crippen LogP contribution in [0.1, 0.15) is 24.3 Å². The second kappa shape index (κ2) is 5.81. The molecule has 25 heavy (non-hydrogen) atoms. The molecule has 0 saturated carbocycles. The molecule has 0 saturated heterocycles. The molecule has 3 rings (SSSR count). The minimum absolute atomic E-state index is 0.207. The average molecular weight is 368 g/mol. The van der Waals surface area contributed by atoms with E-state index in [2.05, 4.69) is 0 Å². The summed E-state index contributed by atoms with van der Waals surface area (Å²) in [6.07, 6.45) is 0.413. The van der Waals surface area contributed by atoms with Gasteiger partial charge in [0.05, 0.1) is 17.6 Å². The Morgan fingerprint density at radius 2 is 1.76 bits per heavy atom. The standard InChI is InChI=1S/C15H16N2O7S/c1-15(2)3-7-8(6-24-15)25-13-11(7)12(22)16(4-9(18)19)14(23)17(13)5-10(20)21/h3-6H2,1-2H3,(H,18,19)(H,20,21). The van der Waals surface area contributed by atoms with Gasteiger partial charge in [0.15, 0.2) is 0 Å². The molecule has 2 N–H and O–H groups in total. The monoisotopic (exact) mass is 368 g/mol. The quantitative estimate of drug-likeness (QED) is 0.791. The van der Waals surface area contributed by atoms with E-state index < -0.39 is 41.9 Å². The Balaban J connectivity index is 2.39. The van der Waals surface area contributed by atoms with Crippen molar-refractivity contribution in [1.82, 2.24) is 9.13 Å². The molecular formula is C15H16N2O7S. The van der Waals surface area contributed by atoms with Gasteiger partial charge >= 0.3 is 17.6 Å². The second-order valence-corrected chi connectivity index (χ2v) is 7.54. The number of carbonyl (C=O) groups is 2. The molecule has 0 bridgehead atoms. The summed E-state index contributed by atoms with van der Waals surface area (Å²) in [5.41, 5.74) is -1.47. The van der Waals surface area contributed by atoms with Crippen molar-refractivity contribution < 1.29 is 24.5 Å². The predicted molar refractivity (Wildman–Crippen MR) is 88.2 cm³/mol. The van der Waals surface area contributed by atoms with Crippen LogP contribution < -0.4 is 11.2 Å². The molecule has 0 aromatic carbocycles. The summed E-state index contributed by atoms with van der Waals surface area (Å²) in [4.78, 5) is 48.4. The Hall–Kier alpha value is -2.46. The highest BCUT2D eigenvalue weighted by molar-refractivity contribution is 7.18. The molecule has 0 fully saturated rings. The number of carboxylic acid groups (broad SMARTS) is 2. The van der Waals surface area contributed by atoms with Crippen molar-refractivity contribution in [3.63, 3.8) is 0 Å². The fourth-order valence-electron chi connectivity index (χ4n) is 2.95. The normalized spacial score (nSPS) is 15.9. The number of carboxylic acids is 2. The molecule has 0 unspecified atom stereocenters. The van der Waals surface area contributed by atoms with Crippen LogP contribution in [0.3, 0.4) is 0 Å². The van der Waals surface area contributed by atoms with Crippen LogP contribution in [0, 0.1) is 0 Å². The summed E-state index contributed by atoms with van der Waals surface area (Å²) in [5, 5.41) is 18.3. The molecule has 3 heterocycles. The van der Waals surface area contributed by atoms with Gasteiger partial charge in [0.25, 0.3) is 5.56 Å². The first-order valence-electron chi connectivity index (χ1n) is 7.46. The van der Waals surface area contributed by atoms with Crippen molar-refractivity contribution in [3.8, 4) is 0 Å². The topological polar surface area (TPSA) is 128 Å². The largest absolute Gasteiger partial charge is 0.480 e. The highest BCUT2D eigenvalue weighted by Gasteiger charge is 2.32. The summed E-state index contributed by atoms with van der Waals surface area (Å²) in [5.74, 6) is -2.61. The van der Waals surface area contributed by atoms with Crippen LogP contribution in [-0.4, -0.2) is 36.9 Å². The third-order valence-electron chi connectivity index (χ3n) is 4.02. The molecular weight excluding hydrogens is 352 g/mol. The molecule has 2 aromatic heterocycles. The van der Waals surface area contributed by atoms with E-state index in [1.807, 2.05) is 13.8 Å². The highest BCUT2D eigenvalue weighted by Crippen LogP contribution is 2.37. The van der Waals surface area contributed by atoms with E-state index in [0.29, 0.717) is 16.6 Å². The van der Waals surface area contributed by atoms with Gasteiger partial charge in [0, 0.05) is 11.3 Å². The van der Waals surface area contributed by atoms with E-state index in [4.69, 9.17) is 14.9 Å². The zero-order valence-corrected chi connectivity index (χ0v) is 14.4. The van der Waals surface area contributed by atoms with Crippen LogP contribution in [0.2, 0.25) is 0 Å². The van der Waals surface area contributed by atoms with E-state index in [-0.39, 0.29) is 16.8 Å². The van der Waals surface area contributed by atoms with Gasteiger partial charge in [0.1, 0.15) is 17.9 Å². The molecule has 0 spiro atoms. The van der Waals surface area contributed by atoms with Gasteiger partial charge in [-0.05, 0) is 19.4 Å². The van der Waals surface area contributed by atoms with Crippen LogP contribution in [0.25, 0.3) is 10.2 Å². The molecule has 134 valence electrons. The maximum Gasteiger partial charge on any atom is 0.333 e. The number of hydrogen-bond donors (Lipinski definition) is 2. The first-order chi connectivity index (χ1) is 11.6. The number of rotatable bonds is 4. The van der Waals surface area contributed by atoms with E-state index in [1.54, 1.807) is 0 Å². The van der Waals surface area contributed by atoms with Gasteiger partial charge in [-0.15, -0.1) is 11.3 Å². The van der Waals surface area contributed by atoms with E-state index in [0.717, 1.165) is 20.8 Å². The van der Waals surface area contributed by atoms with Crippen LogP contribution in [0.5, 0.6) is 0 Å². The van der Waals surface area contributed by atoms with Gasteiger partial charge in [-0.3, -0.25) is 19.0 Å². The van der Waals surface area contributed by atoms with Crippen LogP contribution in [0.4, 0.5) is 0 Å². The summed E-state index contributed by atoms with van der Waals surface area (Å²) in [7, 11) is 0. The number of aromatic nitrogens is 2. The predicted octanol–water partition coefficient (Wildman–Crippen LogP) is 0.245. The first-order valence-corrected chi connectivity index (χ1v) is 8.28. The molecule has 10 heteroatoms. The smallest absolute Gasteiger partial charge is 0.333 e. The van der Waals surface area contributed by atoms with Crippen molar-refractivity contribution in [2.24, 2.45) is 0 Å². The van der Waals surface area contributed by atoms with Crippen molar-refractivity contribution in [2.45, 2.75) is 45.6 Å². The van der Waals surface area contributed by atoms with Crippen molar-refractivity contribution >= 4 is 33.5 Å². The minimum Gasteiger partial charge on any atom is -0.480 e. The highest BCUT2D eigenvalue weighted by atomic mass is 32.1. The summed E-state index contributed by atoms with van der Waals surface area (Å²) < 4.78 is 7.23. The zero-order valence-electron chi connectivity index (χ0n) is 13.6. The number of fused-ring (bicyclic) bond motifs is 3. The maximum atomic E-state index is 12.8. The third-order valence-corrected chi connectivity index (χ3v) is 5.25. The summed E-state index contributed by atoms with van der Waals surface area (Å²) in [6, 6.07) is 0. The van der Waals surface area contributed by atoms with Crippen LogP contribution in [0.15, 0.2) is 9.59 Å². The fraction of sp³-hybridized carbons (Fsp3) is 0.467. The lowest BCUT2D eigenvalue weighted by atomic mass is 9.94. The van der Waals surface area contributed by atoms with E-state index >= 15 is 0 Å². The molecule has 9 nitrogen and oxygen atoms in total. The van der Waals surface area contributed by atoms with Crippen LogP contribution >= 0.6 is 11.3 Å². The lowest BCUT2D eigenvalue weighted by Crippen LogP contribution is -2.42. The SMILES string of the molecule is CC1(C)Cc2c(sc3c2c(=O)n(CC(=O)O)c(=O)n3CC(=O)O)CO1. The number of thiophene rings is 1. The van der Waals surface area contributed by atoms with Crippen LogP contribution in [-0.2, 0) is 40.4 Å². The lowest BCUT2D eigenvalue weighted by molar-refractivity contribution is -0.138. The van der Waals surface area contributed by atoms with E-state index in [9.17, 15) is 19.2 Å². The van der Waals surface area contributed by atoms with Gasteiger partial charge in [-0.1, -0.05) is 0 Å². The average Bonchev–Trinajstić information content (AvgIpc) is 2.84. The minimum atomic E-state index is -1.35. The lowest BCUT2D eigenvalue weighted by Gasteiger charge is -2.29. The summed E-state index contributed by atoms with van der Waals surface area (Å²) in [6.45, 7) is 2.50. The Morgan fingerprint density at radius 3 is 2.36 bits per heavy atom. The molecule has 1 aliphatic rings. The molecule has 0 amide bonds. The number of aliphatic carboxylic acids is 2. The number of ether oxygens (including phenoxy) is 1. The maximum absolute atomic E-state index is 12.8. The number of nitrogens with zero attached hydrogens (tertiary/aromatic N) is 2.